The van der Waals surface area contributed by atoms with Crippen molar-refractivity contribution in [1.29, 1.82) is 0 Å². The van der Waals surface area contributed by atoms with Gasteiger partial charge in [-0.2, -0.15) is 16.8 Å². The van der Waals surface area contributed by atoms with E-state index in [9.17, 15) is 45.7 Å². The largest absolute Gasteiger partial charge is 0.478 e. The zero-order valence-electron chi connectivity index (χ0n) is 17.3. The number of rotatable bonds is 5. The molecule has 0 amide bonds. The van der Waals surface area contributed by atoms with Gasteiger partial charge in [-0.25, -0.2) is 9.59 Å². The molecule has 35 heavy (non-hydrogen) atoms. The summed E-state index contributed by atoms with van der Waals surface area (Å²) < 4.78 is 73.5. The lowest BCUT2D eigenvalue weighted by molar-refractivity contribution is 0.0695. The quantitative estimate of drug-likeness (QED) is 0.282. The number of benzene rings is 2. The van der Waals surface area contributed by atoms with E-state index in [1.165, 1.54) is 18.2 Å². The topological polar surface area (TPSA) is 219 Å². The average Bonchev–Trinajstić information content (AvgIpc) is 2.74. The predicted octanol–water partition coefficient (Wildman–Crippen LogP) is 2.17. The number of hydrogen-bond acceptors (Lipinski definition) is 8. The second-order valence-corrected chi connectivity index (χ2v) is 10.2. The molecule has 1 aliphatic carbocycles. The van der Waals surface area contributed by atoms with Crippen LogP contribution in [-0.2, 0) is 20.2 Å². The second-order valence-electron chi connectivity index (χ2n) is 7.43. The van der Waals surface area contributed by atoms with Crippen LogP contribution in [0.4, 0.5) is 5.69 Å². The molecule has 0 bridgehead atoms. The van der Waals surface area contributed by atoms with Crippen molar-refractivity contribution in [3.63, 3.8) is 0 Å². The average molecular weight is 521 g/mol. The van der Waals surface area contributed by atoms with Crippen LogP contribution in [0.2, 0.25) is 0 Å². The van der Waals surface area contributed by atoms with Gasteiger partial charge in [-0.1, -0.05) is 18.2 Å². The first-order chi connectivity index (χ1) is 16.2. The maximum atomic E-state index is 12.1. The summed E-state index contributed by atoms with van der Waals surface area (Å²) in [6.45, 7) is 0. The summed E-state index contributed by atoms with van der Waals surface area (Å²) in [4.78, 5) is 21.9. The molecule has 0 spiro atoms. The number of carboxylic acids is 2. The van der Waals surface area contributed by atoms with E-state index >= 15 is 0 Å². The highest BCUT2D eigenvalue weighted by atomic mass is 32.2. The van der Waals surface area contributed by atoms with Crippen molar-refractivity contribution >= 4 is 43.4 Å². The molecule has 0 fully saturated rings. The van der Waals surface area contributed by atoms with Gasteiger partial charge in [0.25, 0.3) is 20.2 Å². The number of hydrogen-bond donors (Lipinski definition) is 5. The number of carbonyl (C=O) groups is 2. The number of nitrogen functional groups attached to an aromatic ring is 1. The molecule has 1 aliphatic heterocycles. The van der Waals surface area contributed by atoms with E-state index < -0.39 is 64.7 Å². The molecular weight excluding hydrogens is 506 g/mol. The summed E-state index contributed by atoms with van der Waals surface area (Å²) in [5, 5.41) is 19.1. The lowest BCUT2D eigenvalue weighted by Gasteiger charge is -2.30. The first kappa shape index (κ1) is 24.2. The van der Waals surface area contributed by atoms with E-state index in [-0.39, 0.29) is 34.3 Å². The molecule has 0 saturated heterocycles. The smallest absolute Gasteiger partial charge is 0.336 e. The third-order valence-corrected chi connectivity index (χ3v) is 7.22. The van der Waals surface area contributed by atoms with Crippen molar-refractivity contribution in [3.8, 4) is 5.75 Å². The summed E-state index contributed by atoms with van der Waals surface area (Å²) in [6.07, 6.45) is 2.39. The minimum absolute atomic E-state index is 0.0343. The van der Waals surface area contributed by atoms with Gasteiger partial charge in [0.15, 0.2) is 16.4 Å². The summed E-state index contributed by atoms with van der Waals surface area (Å²) in [5.74, 6) is -4.05. The Balaban J connectivity index is 2.22. The lowest BCUT2D eigenvalue weighted by Crippen LogP contribution is -2.20. The predicted molar refractivity (Wildman–Crippen MR) is 120 cm³/mol. The van der Waals surface area contributed by atoms with Gasteiger partial charge in [0.2, 0.25) is 0 Å². The van der Waals surface area contributed by atoms with Crippen molar-refractivity contribution in [1.82, 2.24) is 0 Å². The van der Waals surface area contributed by atoms with Crippen LogP contribution in [0.5, 0.6) is 5.75 Å². The number of anilines is 1. The highest BCUT2D eigenvalue weighted by molar-refractivity contribution is 7.89. The Kier molecular flexibility index (Phi) is 5.56. The normalized spacial score (nSPS) is 15.4. The van der Waals surface area contributed by atoms with Crippen molar-refractivity contribution in [3.05, 3.63) is 81.0 Å². The number of carboxylic acid groups (broad SMARTS) is 2. The minimum atomic E-state index is -5.03. The van der Waals surface area contributed by atoms with Crippen LogP contribution in [-0.4, -0.2) is 48.1 Å². The van der Waals surface area contributed by atoms with E-state index in [1.807, 2.05) is 0 Å². The van der Waals surface area contributed by atoms with Gasteiger partial charge in [-0.15, -0.1) is 0 Å². The summed E-state index contributed by atoms with van der Waals surface area (Å²) >= 11 is 0. The van der Waals surface area contributed by atoms with Gasteiger partial charge >= 0.3 is 11.9 Å². The van der Waals surface area contributed by atoms with Crippen LogP contribution in [0.25, 0.3) is 5.57 Å². The van der Waals surface area contributed by atoms with E-state index in [4.69, 9.17) is 10.5 Å². The van der Waals surface area contributed by atoms with Crippen LogP contribution in [0.3, 0.4) is 0 Å². The van der Waals surface area contributed by atoms with E-state index in [2.05, 4.69) is 0 Å². The van der Waals surface area contributed by atoms with Gasteiger partial charge in [0.05, 0.1) is 16.8 Å². The molecule has 2 aliphatic rings. The third kappa shape index (κ3) is 4.08. The molecule has 0 radical (unpaired) electrons. The van der Waals surface area contributed by atoms with Gasteiger partial charge in [0.1, 0.15) is 4.91 Å². The fourth-order valence-electron chi connectivity index (χ4n) is 3.89. The zero-order valence-corrected chi connectivity index (χ0v) is 18.9. The molecule has 1 heterocycles. The number of allylic oxidation sites excluding steroid dienone is 3. The monoisotopic (exact) mass is 521 g/mol. The molecular formula is C21H15NO11S2. The summed E-state index contributed by atoms with van der Waals surface area (Å²) in [7, 11) is -9.91. The van der Waals surface area contributed by atoms with E-state index in [0.29, 0.717) is 0 Å². The molecule has 2 aromatic carbocycles. The Morgan fingerprint density at radius 3 is 2.14 bits per heavy atom. The molecule has 0 unspecified atom stereocenters. The van der Waals surface area contributed by atoms with Crippen LogP contribution in [0.15, 0.2) is 63.6 Å². The molecule has 12 nitrogen and oxygen atoms in total. The second kappa shape index (κ2) is 8.06. The fourth-order valence-corrected chi connectivity index (χ4v) is 5.33. The van der Waals surface area contributed by atoms with Gasteiger partial charge < -0.3 is 20.7 Å². The maximum Gasteiger partial charge on any atom is 0.336 e. The first-order valence-corrected chi connectivity index (χ1v) is 12.4. The van der Waals surface area contributed by atoms with Gasteiger partial charge in [0, 0.05) is 23.1 Å². The highest BCUT2D eigenvalue weighted by Gasteiger charge is 2.37. The molecule has 6 N–H and O–H groups in total. The third-order valence-electron chi connectivity index (χ3n) is 5.31. The Hall–Kier alpha value is -3.98. The molecule has 0 atom stereocenters. The zero-order chi connectivity index (χ0) is 25.9. The van der Waals surface area contributed by atoms with Crippen LogP contribution >= 0.6 is 0 Å². The van der Waals surface area contributed by atoms with Crippen molar-refractivity contribution in [2.75, 3.05) is 5.73 Å². The van der Waals surface area contributed by atoms with Crippen LogP contribution < -0.4 is 10.5 Å². The first-order valence-electron chi connectivity index (χ1n) is 9.52. The Labute approximate surface area is 197 Å². The summed E-state index contributed by atoms with van der Waals surface area (Å²) in [5.41, 5.74) is 4.14. The number of nitrogens with two attached hydrogens (primary N) is 1. The Morgan fingerprint density at radius 2 is 1.57 bits per heavy atom. The number of ether oxygens (including phenoxy) is 1. The Morgan fingerprint density at radius 1 is 0.914 bits per heavy atom. The van der Waals surface area contributed by atoms with Crippen molar-refractivity contribution < 1.29 is 50.5 Å². The summed E-state index contributed by atoms with van der Waals surface area (Å²) in [6, 6.07) is 5.52. The van der Waals surface area contributed by atoms with Crippen molar-refractivity contribution in [2.24, 2.45) is 0 Å². The molecule has 14 heteroatoms. The van der Waals surface area contributed by atoms with Gasteiger partial charge in [-0.05, 0) is 29.8 Å². The molecule has 182 valence electrons. The fraction of sp³-hybridized carbons (Fsp3) is 0.0476. The molecule has 0 saturated carbocycles. The van der Waals surface area contributed by atoms with Gasteiger partial charge in [-0.3, -0.25) is 9.11 Å². The molecule has 4 rings (SSSR count). The van der Waals surface area contributed by atoms with Crippen LogP contribution in [0, 0.1) is 0 Å². The lowest BCUT2D eigenvalue weighted by atomic mass is 9.85. The molecule has 0 aromatic heterocycles. The Bertz CT molecular complexity index is 1650. The van der Waals surface area contributed by atoms with E-state index in [0.717, 1.165) is 24.3 Å². The maximum absolute atomic E-state index is 12.1. The van der Waals surface area contributed by atoms with Crippen molar-refractivity contribution in [2.45, 2.75) is 11.3 Å². The molecule has 2 aromatic rings. The van der Waals surface area contributed by atoms with Crippen LogP contribution in [0.1, 0.15) is 38.3 Å². The van der Waals surface area contributed by atoms with E-state index in [1.54, 1.807) is 0 Å². The highest BCUT2D eigenvalue weighted by Crippen LogP contribution is 2.49. The SMILES string of the molecule is Nc1ccc2c(c1S(=O)(=O)O)OC1=C(S(=O)(=O)O)CC=CC1=C2c1ccc(C(=O)O)cc1C(=O)O. The standard InChI is InChI=1S/C21H15NO11S2/c22-14-7-6-12-16(10-5-4-9(20(23)24)8-13(10)21(25)26)11-2-1-3-15(34(27,28)29)17(11)33-18(12)19(14)35(30,31)32/h1-2,4-8H,3,22H2,(H,23,24)(H,25,26)(H,27,28,29)(H,30,31,32). The number of aromatic carboxylic acids is 2. The number of fused-ring (bicyclic) bond motifs is 2. The minimum Gasteiger partial charge on any atom is -0.478 e.